The number of thiophene rings is 1. The number of nitrogens with one attached hydrogen (secondary N) is 1. The number of carbonyl (C=O) groups excluding carboxylic acids is 7. The van der Waals surface area contributed by atoms with Gasteiger partial charge in [-0.25, -0.2) is 19.2 Å². The molecule has 64 heavy (non-hydrogen) atoms. The molecule has 2 saturated heterocycles. The summed E-state index contributed by atoms with van der Waals surface area (Å²) >= 11 is 1.11. The average Bonchev–Trinajstić information content (AvgIpc) is 3.86. The van der Waals surface area contributed by atoms with Gasteiger partial charge in [-0.1, -0.05) is 38.1 Å². The number of carbonyl (C=O) groups is 7. The van der Waals surface area contributed by atoms with Crippen molar-refractivity contribution >= 4 is 53.2 Å². The van der Waals surface area contributed by atoms with Crippen LogP contribution in [0, 0.1) is 16.7 Å². The highest BCUT2D eigenvalue weighted by Crippen LogP contribution is 2.67. The van der Waals surface area contributed by atoms with Gasteiger partial charge in [0.2, 0.25) is 5.60 Å². The lowest BCUT2D eigenvalue weighted by molar-refractivity contribution is -0.345. The summed E-state index contributed by atoms with van der Waals surface area (Å²) in [5.41, 5.74) is -11.8. The second-order valence-corrected chi connectivity index (χ2v) is 19.9. The van der Waals surface area contributed by atoms with Gasteiger partial charge in [-0.05, 0) is 76.3 Å². The maximum atomic E-state index is 15.7. The minimum atomic E-state index is -2.61. The van der Waals surface area contributed by atoms with Gasteiger partial charge in [-0.15, -0.1) is 11.3 Å². The normalized spacial score (nSPS) is 33.9. The molecule has 2 aliphatic heterocycles. The zero-order valence-corrected chi connectivity index (χ0v) is 37.9. The van der Waals surface area contributed by atoms with Crippen LogP contribution in [-0.2, 0) is 57.1 Å². The number of aliphatic hydroxyl groups excluding tert-OH is 1. The van der Waals surface area contributed by atoms with Crippen molar-refractivity contribution in [3.8, 4) is 0 Å². The van der Waals surface area contributed by atoms with E-state index in [1.807, 2.05) is 0 Å². The fourth-order valence-electron chi connectivity index (χ4n) is 10.5. The van der Waals surface area contributed by atoms with Crippen molar-refractivity contribution in [1.82, 2.24) is 5.32 Å². The first-order valence-electron chi connectivity index (χ1n) is 20.8. The number of Topliss-reactive ketones (excluding diaryl/α,β-unsaturated/α-hetero) is 1. The number of aliphatic hydroxyl groups is 2. The van der Waals surface area contributed by atoms with E-state index in [9.17, 15) is 39.0 Å². The Bertz CT molecular complexity index is 2280. The zero-order chi connectivity index (χ0) is 47.1. The van der Waals surface area contributed by atoms with E-state index < -0.39 is 124 Å². The van der Waals surface area contributed by atoms with Gasteiger partial charge >= 0.3 is 36.1 Å². The van der Waals surface area contributed by atoms with Crippen molar-refractivity contribution in [2.75, 3.05) is 6.61 Å². The predicted molar refractivity (Wildman–Crippen MR) is 220 cm³/mol. The smallest absolute Gasteiger partial charge is 0.454 e. The molecule has 2 bridgehead atoms. The Morgan fingerprint density at radius 3 is 2.17 bits per heavy atom. The molecular weight excluding hydrogens is 859 g/mol. The van der Waals surface area contributed by atoms with E-state index in [0.717, 1.165) is 32.1 Å². The second kappa shape index (κ2) is 16.0. The minimum absolute atomic E-state index is 0.0143. The van der Waals surface area contributed by atoms with Crippen LogP contribution < -0.4 is 5.32 Å². The summed E-state index contributed by atoms with van der Waals surface area (Å²) in [6.07, 6.45) is -12.7. The first kappa shape index (κ1) is 46.6. The zero-order valence-electron chi connectivity index (χ0n) is 37.1. The van der Waals surface area contributed by atoms with Crippen molar-refractivity contribution in [3.63, 3.8) is 0 Å². The van der Waals surface area contributed by atoms with Gasteiger partial charge in [-0.2, -0.15) is 0 Å². The molecule has 1 aromatic carbocycles. The number of benzene rings is 1. The van der Waals surface area contributed by atoms with Crippen molar-refractivity contribution in [1.29, 1.82) is 0 Å². The van der Waals surface area contributed by atoms with Crippen LogP contribution in [0.15, 0.2) is 59.0 Å². The van der Waals surface area contributed by atoms with Crippen molar-refractivity contribution in [2.45, 2.75) is 141 Å². The van der Waals surface area contributed by atoms with Crippen molar-refractivity contribution in [3.05, 3.63) is 69.4 Å². The van der Waals surface area contributed by atoms with E-state index >= 15 is 4.79 Å². The quantitative estimate of drug-likeness (QED) is 0.179. The Morgan fingerprint density at radius 2 is 1.61 bits per heavy atom. The highest BCUT2D eigenvalue weighted by molar-refractivity contribution is 7.10. The monoisotopic (exact) mass is 911 g/mol. The Labute approximate surface area is 372 Å². The molecule has 1 spiro atoms. The summed E-state index contributed by atoms with van der Waals surface area (Å²) < 4.78 is 48.5. The predicted octanol–water partition coefficient (Wildman–Crippen LogP) is 4.44. The van der Waals surface area contributed by atoms with E-state index in [4.69, 9.17) is 37.9 Å². The first-order valence-corrected chi connectivity index (χ1v) is 21.7. The number of rotatable bonds is 9. The van der Waals surface area contributed by atoms with Gasteiger partial charge in [-0.3, -0.25) is 14.4 Å². The lowest BCUT2D eigenvalue weighted by Crippen LogP contribution is -2.83. The molecule has 346 valence electrons. The number of hydrogen-bond acceptors (Lipinski definition) is 18. The van der Waals surface area contributed by atoms with Gasteiger partial charge in [0.15, 0.2) is 41.4 Å². The highest BCUT2D eigenvalue weighted by Gasteiger charge is 2.83. The average molecular weight is 912 g/mol. The Kier molecular flexibility index (Phi) is 11.6. The van der Waals surface area contributed by atoms with Crippen LogP contribution in [-0.4, -0.2) is 118 Å². The standard InChI is InChI=1S/C45H53NO17S/c1-21-28-30(57-22(2)47)33(50)42(9)26(49)19-27-44(20-56-27,61-23(3)48)31(42)35(59-36(51)24-15-12-11-13-16-24)45(41(28,7)8)34(60-39(54)63-45)29(21)58-37(52)43(10,55)32(25-17-14-18-64-25)46-38(53)62-40(4,5)6/h11-18,26-27,29-32,34-35,49,55H,19-20H2,1-10H3,(H,46,53)/t26-,27?,29+,30+,31?,32+,34?,35-,42+,43+,44-,45+/m0/s1. The van der Waals surface area contributed by atoms with Crippen LogP contribution in [0.25, 0.3) is 0 Å². The maximum absolute atomic E-state index is 15.7. The molecule has 5 aliphatic rings. The molecule has 3 N–H and O–H groups in total. The van der Waals surface area contributed by atoms with Crippen LogP contribution in [0.4, 0.5) is 9.59 Å². The fraction of sp³-hybridized carbons (Fsp3) is 0.578. The number of esters is 4. The SMILES string of the molecule is CC(=O)O[C@H]1C(=O)[C@@]2(C)C([C@H](OC(=O)c3ccccc3)[C@]34OC(=O)OC3[C@H](OC(=O)[C@](C)(O)[C@H](NC(=O)OC(C)(C)C)c3cccs3)C(C)=C1C4(C)C)[C@]1(OC(C)=O)COC1C[C@@H]2O. The fourth-order valence-corrected chi connectivity index (χ4v) is 11.4. The topological polar surface area (TPSA) is 246 Å². The molecule has 1 amide bonds. The van der Waals surface area contributed by atoms with E-state index in [-0.39, 0.29) is 29.7 Å². The van der Waals surface area contributed by atoms with Crippen LogP contribution in [0.2, 0.25) is 0 Å². The Morgan fingerprint density at radius 1 is 0.938 bits per heavy atom. The van der Waals surface area contributed by atoms with Gasteiger partial charge in [0.05, 0.1) is 29.6 Å². The number of alkyl carbamates (subject to hydrolysis) is 1. The van der Waals surface area contributed by atoms with Crippen molar-refractivity contribution in [2.24, 2.45) is 16.7 Å². The summed E-state index contributed by atoms with van der Waals surface area (Å²) in [6.45, 7) is 13.7. The van der Waals surface area contributed by atoms with Crippen LogP contribution in [0.3, 0.4) is 0 Å². The van der Waals surface area contributed by atoms with E-state index in [0.29, 0.717) is 4.88 Å². The molecule has 2 saturated carbocycles. The molecule has 2 aromatic rings. The van der Waals surface area contributed by atoms with E-state index in [2.05, 4.69) is 5.32 Å². The lowest BCUT2D eigenvalue weighted by atomic mass is 9.44. The van der Waals surface area contributed by atoms with Crippen LogP contribution >= 0.6 is 11.3 Å². The number of hydrogen-bond donors (Lipinski definition) is 3. The number of amides is 1. The van der Waals surface area contributed by atoms with Crippen molar-refractivity contribution < 1.29 is 81.7 Å². The summed E-state index contributed by atoms with van der Waals surface area (Å²) in [6, 6.07) is 9.43. The third-order valence-electron chi connectivity index (χ3n) is 13.3. The molecular formula is C45H53NO17S. The molecule has 4 fully saturated rings. The molecule has 3 unspecified atom stereocenters. The van der Waals surface area contributed by atoms with Gasteiger partial charge < -0.3 is 53.4 Å². The number of ketones is 1. The molecule has 18 nitrogen and oxygen atoms in total. The molecule has 7 rings (SSSR count). The summed E-state index contributed by atoms with van der Waals surface area (Å²) in [4.78, 5) is 98.7. The molecule has 1 aromatic heterocycles. The first-order chi connectivity index (χ1) is 29.7. The third-order valence-corrected chi connectivity index (χ3v) is 14.3. The summed E-state index contributed by atoms with van der Waals surface area (Å²) in [7, 11) is 0. The largest absolute Gasteiger partial charge is 0.509 e. The Balaban J connectivity index is 1.48. The second-order valence-electron chi connectivity index (χ2n) is 18.9. The molecule has 19 heteroatoms. The summed E-state index contributed by atoms with van der Waals surface area (Å²) in [5.74, 6) is -6.68. The van der Waals surface area contributed by atoms with Crippen LogP contribution in [0.5, 0.6) is 0 Å². The third kappa shape index (κ3) is 7.24. The van der Waals surface area contributed by atoms with E-state index in [1.54, 1.807) is 56.5 Å². The van der Waals surface area contributed by atoms with Gasteiger partial charge in [0.1, 0.15) is 17.7 Å². The molecule has 0 radical (unpaired) electrons. The summed E-state index contributed by atoms with van der Waals surface area (Å²) in [5, 5.41) is 28.6. The number of ether oxygens (including phenoxy) is 8. The maximum Gasteiger partial charge on any atom is 0.509 e. The molecule has 12 atom stereocenters. The highest BCUT2D eigenvalue weighted by atomic mass is 32.1. The molecule has 3 heterocycles. The Hall–Kier alpha value is -5.37. The van der Waals surface area contributed by atoms with Crippen LogP contribution in [0.1, 0.15) is 96.9 Å². The lowest BCUT2D eigenvalue weighted by Gasteiger charge is -2.67. The minimum Gasteiger partial charge on any atom is -0.454 e. The van der Waals surface area contributed by atoms with E-state index in [1.165, 1.54) is 39.8 Å². The van der Waals surface area contributed by atoms with Gasteiger partial charge in [0.25, 0.3) is 0 Å². The van der Waals surface area contributed by atoms with Gasteiger partial charge in [0, 0.05) is 30.6 Å². The molecule has 3 aliphatic carbocycles. The number of fused-ring (bicyclic) bond motifs is 4.